The number of nitrogens with one attached hydrogen (secondary N) is 1. The maximum atomic E-state index is 13.4. The molecule has 0 atom stereocenters. The first-order valence-corrected chi connectivity index (χ1v) is 8.70. The van der Waals surface area contributed by atoms with Gasteiger partial charge in [0.05, 0.1) is 12.8 Å². The highest BCUT2D eigenvalue weighted by Crippen LogP contribution is 2.28. The van der Waals surface area contributed by atoms with Crippen molar-refractivity contribution < 1.29 is 18.7 Å². The summed E-state index contributed by atoms with van der Waals surface area (Å²) < 4.78 is 19.6. The van der Waals surface area contributed by atoms with Crippen LogP contribution in [-0.4, -0.2) is 28.6 Å². The standard InChI is InChI=1S/C21H18FN3O4/c1-13(26)23-16-6-3-14(4-7-16)19(27)12-25-21(28)10-9-18(24-25)17-8-5-15(22)11-20(17)29-2/h3-11H,12H2,1-2H3,(H,23,26). The van der Waals surface area contributed by atoms with Gasteiger partial charge in [0.25, 0.3) is 5.56 Å². The quantitative estimate of drug-likeness (QED) is 0.648. The second-order valence-electron chi connectivity index (χ2n) is 6.24. The van der Waals surface area contributed by atoms with E-state index in [4.69, 9.17) is 4.74 Å². The molecule has 3 aromatic rings. The molecule has 1 aromatic heterocycles. The topological polar surface area (TPSA) is 90.3 Å². The molecule has 0 spiro atoms. The SMILES string of the molecule is COc1cc(F)ccc1-c1ccc(=O)n(CC(=O)c2ccc(NC(C)=O)cc2)n1. The number of benzene rings is 2. The minimum atomic E-state index is -0.461. The van der Waals surface area contributed by atoms with Crippen molar-refractivity contribution in [1.82, 2.24) is 9.78 Å². The third-order valence-electron chi connectivity index (χ3n) is 4.13. The third kappa shape index (κ3) is 4.73. The molecule has 29 heavy (non-hydrogen) atoms. The number of methoxy groups -OCH3 is 1. The second-order valence-corrected chi connectivity index (χ2v) is 6.24. The van der Waals surface area contributed by atoms with Gasteiger partial charge in [-0.1, -0.05) is 0 Å². The van der Waals surface area contributed by atoms with Gasteiger partial charge in [-0.3, -0.25) is 14.4 Å². The first kappa shape index (κ1) is 19.9. The molecule has 0 fully saturated rings. The van der Waals surface area contributed by atoms with E-state index in [-0.39, 0.29) is 24.0 Å². The Bertz CT molecular complexity index is 1120. The lowest BCUT2D eigenvalue weighted by molar-refractivity contribution is -0.114. The Hall–Kier alpha value is -3.81. The summed E-state index contributed by atoms with van der Waals surface area (Å²) in [6, 6.07) is 13.1. The van der Waals surface area contributed by atoms with Crippen molar-refractivity contribution in [3.63, 3.8) is 0 Å². The number of ether oxygens (including phenoxy) is 1. The number of amides is 1. The van der Waals surface area contributed by atoms with Gasteiger partial charge in [0.2, 0.25) is 5.91 Å². The van der Waals surface area contributed by atoms with Crippen LogP contribution in [0.4, 0.5) is 10.1 Å². The molecule has 0 bridgehead atoms. The van der Waals surface area contributed by atoms with Crippen molar-refractivity contribution in [2.45, 2.75) is 13.5 Å². The summed E-state index contributed by atoms with van der Waals surface area (Å²) >= 11 is 0. The van der Waals surface area contributed by atoms with Gasteiger partial charge >= 0.3 is 0 Å². The molecule has 2 aromatic carbocycles. The van der Waals surface area contributed by atoms with Gasteiger partial charge in [-0.05, 0) is 42.5 Å². The van der Waals surface area contributed by atoms with Crippen LogP contribution < -0.4 is 15.6 Å². The Balaban J connectivity index is 1.86. The molecule has 148 valence electrons. The van der Waals surface area contributed by atoms with Crippen LogP contribution in [0, 0.1) is 5.82 Å². The lowest BCUT2D eigenvalue weighted by atomic mass is 10.1. The molecule has 0 saturated heterocycles. The monoisotopic (exact) mass is 395 g/mol. The lowest BCUT2D eigenvalue weighted by Crippen LogP contribution is -2.26. The molecule has 7 nitrogen and oxygen atoms in total. The number of hydrogen-bond acceptors (Lipinski definition) is 5. The average Bonchev–Trinajstić information content (AvgIpc) is 2.69. The zero-order chi connectivity index (χ0) is 21.0. The Morgan fingerprint density at radius 2 is 1.83 bits per heavy atom. The molecule has 3 rings (SSSR count). The molecule has 0 aliphatic carbocycles. The Morgan fingerprint density at radius 1 is 1.10 bits per heavy atom. The zero-order valence-corrected chi connectivity index (χ0v) is 15.8. The van der Waals surface area contributed by atoms with E-state index in [1.54, 1.807) is 24.3 Å². The molecular formula is C21H18FN3O4. The highest BCUT2D eigenvalue weighted by Gasteiger charge is 2.13. The molecule has 0 aliphatic heterocycles. The fourth-order valence-corrected chi connectivity index (χ4v) is 2.75. The van der Waals surface area contributed by atoms with E-state index in [0.29, 0.717) is 22.5 Å². The van der Waals surface area contributed by atoms with E-state index in [1.165, 1.54) is 44.4 Å². The summed E-state index contributed by atoms with van der Waals surface area (Å²) in [5.41, 5.74) is 1.36. The van der Waals surface area contributed by atoms with Gasteiger partial charge < -0.3 is 10.1 Å². The summed E-state index contributed by atoms with van der Waals surface area (Å²) in [5.74, 6) is -0.732. The van der Waals surface area contributed by atoms with Crippen molar-refractivity contribution in [3.05, 3.63) is 76.3 Å². The number of nitrogens with zero attached hydrogens (tertiary/aromatic N) is 2. The van der Waals surface area contributed by atoms with Crippen LogP contribution in [0.25, 0.3) is 11.3 Å². The van der Waals surface area contributed by atoms with Crippen LogP contribution in [-0.2, 0) is 11.3 Å². The highest BCUT2D eigenvalue weighted by atomic mass is 19.1. The van der Waals surface area contributed by atoms with Gasteiger partial charge in [0.15, 0.2) is 5.78 Å². The first-order chi connectivity index (χ1) is 13.9. The molecule has 0 saturated carbocycles. The van der Waals surface area contributed by atoms with Crippen molar-refractivity contribution in [1.29, 1.82) is 0 Å². The van der Waals surface area contributed by atoms with Crippen molar-refractivity contribution in [3.8, 4) is 17.0 Å². The number of carbonyl (C=O) groups excluding carboxylic acids is 2. The number of anilines is 1. The molecule has 0 radical (unpaired) electrons. The van der Waals surface area contributed by atoms with Gasteiger partial charge in [-0.2, -0.15) is 5.10 Å². The zero-order valence-electron chi connectivity index (χ0n) is 15.8. The van der Waals surface area contributed by atoms with Gasteiger partial charge in [-0.25, -0.2) is 9.07 Å². The average molecular weight is 395 g/mol. The number of halogens is 1. The van der Waals surface area contributed by atoms with E-state index in [2.05, 4.69) is 10.4 Å². The molecular weight excluding hydrogens is 377 g/mol. The fourth-order valence-electron chi connectivity index (χ4n) is 2.75. The van der Waals surface area contributed by atoms with Crippen LogP contribution in [0.5, 0.6) is 5.75 Å². The maximum absolute atomic E-state index is 13.4. The van der Waals surface area contributed by atoms with Crippen LogP contribution >= 0.6 is 0 Å². The highest BCUT2D eigenvalue weighted by molar-refractivity contribution is 5.96. The van der Waals surface area contributed by atoms with Gasteiger partial charge in [-0.15, -0.1) is 0 Å². The third-order valence-corrected chi connectivity index (χ3v) is 4.13. The minimum absolute atomic E-state index is 0.215. The molecule has 1 heterocycles. The number of rotatable bonds is 6. The normalized spacial score (nSPS) is 10.4. The van der Waals surface area contributed by atoms with E-state index < -0.39 is 11.4 Å². The predicted octanol–water partition coefficient (Wildman–Crippen LogP) is 2.90. The molecule has 8 heteroatoms. The van der Waals surface area contributed by atoms with Crippen molar-refractivity contribution >= 4 is 17.4 Å². The Morgan fingerprint density at radius 3 is 2.48 bits per heavy atom. The summed E-state index contributed by atoms with van der Waals surface area (Å²) in [4.78, 5) is 35.8. The number of Topliss-reactive ketones (excluding diaryl/α,β-unsaturated/α-hetero) is 1. The number of carbonyl (C=O) groups is 2. The van der Waals surface area contributed by atoms with Crippen LogP contribution in [0.2, 0.25) is 0 Å². The largest absolute Gasteiger partial charge is 0.496 e. The number of aromatic nitrogens is 2. The maximum Gasteiger partial charge on any atom is 0.267 e. The van der Waals surface area contributed by atoms with E-state index in [1.807, 2.05) is 0 Å². The molecule has 0 unspecified atom stereocenters. The minimum Gasteiger partial charge on any atom is -0.496 e. The van der Waals surface area contributed by atoms with Crippen molar-refractivity contribution in [2.24, 2.45) is 0 Å². The first-order valence-electron chi connectivity index (χ1n) is 8.70. The number of ketones is 1. The summed E-state index contributed by atoms with van der Waals surface area (Å²) in [6.45, 7) is 1.12. The summed E-state index contributed by atoms with van der Waals surface area (Å²) in [5, 5.41) is 6.84. The van der Waals surface area contributed by atoms with Crippen LogP contribution in [0.15, 0.2) is 59.4 Å². The van der Waals surface area contributed by atoms with Gasteiger partial charge in [0, 0.05) is 35.9 Å². The summed E-state index contributed by atoms with van der Waals surface area (Å²) in [7, 11) is 1.41. The molecule has 1 amide bonds. The second kappa shape index (κ2) is 8.47. The van der Waals surface area contributed by atoms with Crippen LogP contribution in [0.3, 0.4) is 0 Å². The van der Waals surface area contributed by atoms with E-state index >= 15 is 0 Å². The Kier molecular flexibility index (Phi) is 5.82. The van der Waals surface area contributed by atoms with Crippen LogP contribution in [0.1, 0.15) is 17.3 Å². The van der Waals surface area contributed by atoms with E-state index in [9.17, 15) is 18.8 Å². The van der Waals surface area contributed by atoms with Crippen molar-refractivity contribution in [2.75, 3.05) is 12.4 Å². The smallest absolute Gasteiger partial charge is 0.267 e. The van der Waals surface area contributed by atoms with Gasteiger partial charge in [0.1, 0.15) is 18.1 Å². The number of hydrogen-bond donors (Lipinski definition) is 1. The molecule has 0 aliphatic rings. The predicted molar refractivity (Wildman–Crippen MR) is 106 cm³/mol. The summed E-state index contributed by atoms with van der Waals surface area (Å²) in [6.07, 6.45) is 0. The van der Waals surface area contributed by atoms with E-state index in [0.717, 1.165) is 4.68 Å². The molecule has 1 N–H and O–H groups in total. The Labute approximate surface area is 165 Å². The lowest BCUT2D eigenvalue weighted by Gasteiger charge is -2.10. The fraction of sp³-hybridized carbons (Fsp3) is 0.143.